The van der Waals surface area contributed by atoms with Gasteiger partial charge in [0.2, 0.25) is 0 Å². The second-order valence-electron chi connectivity index (χ2n) is 6.99. The summed E-state index contributed by atoms with van der Waals surface area (Å²) in [4.78, 5) is 0. The fourth-order valence-corrected chi connectivity index (χ4v) is 4.05. The van der Waals surface area contributed by atoms with E-state index in [9.17, 15) is 0 Å². The zero-order valence-electron chi connectivity index (χ0n) is 15.1. The van der Waals surface area contributed by atoms with Gasteiger partial charge in [-0.05, 0) is 56.4 Å². The maximum absolute atomic E-state index is 3.62. The van der Waals surface area contributed by atoms with Crippen LogP contribution in [-0.4, -0.2) is 6.54 Å². The van der Waals surface area contributed by atoms with E-state index >= 15 is 0 Å². The van der Waals surface area contributed by atoms with Crippen molar-refractivity contribution in [3.05, 3.63) is 96.1 Å². The van der Waals surface area contributed by atoms with Gasteiger partial charge in [0.25, 0.3) is 0 Å². The van der Waals surface area contributed by atoms with Crippen LogP contribution in [0.25, 0.3) is 32.3 Å². The lowest BCUT2D eigenvalue weighted by molar-refractivity contribution is 0.690. The minimum absolute atomic E-state index is 0. The van der Waals surface area contributed by atoms with Crippen molar-refractivity contribution in [3.63, 3.8) is 0 Å². The van der Waals surface area contributed by atoms with Crippen molar-refractivity contribution in [2.24, 2.45) is 0 Å². The lowest BCUT2D eigenvalue weighted by atomic mass is 9.92. The second kappa shape index (κ2) is 7.56. The van der Waals surface area contributed by atoms with Crippen LogP contribution in [0.3, 0.4) is 0 Å². The third kappa shape index (κ3) is 3.25. The van der Waals surface area contributed by atoms with Gasteiger partial charge in [0.05, 0.1) is 0 Å². The Kier molecular flexibility index (Phi) is 4.98. The van der Waals surface area contributed by atoms with Crippen LogP contribution in [0.4, 0.5) is 0 Å². The number of hydrogen-bond acceptors (Lipinski definition) is 1. The molecule has 0 spiro atoms. The first kappa shape index (κ1) is 17.8. The zero-order valence-corrected chi connectivity index (χ0v) is 15.9. The van der Waals surface area contributed by atoms with Gasteiger partial charge in [-0.25, -0.2) is 0 Å². The summed E-state index contributed by atoms with van der Waals surface area (Å²) in [5.74, 6) is 0. The van der Waals surface area contributed by atoms with Crippen LogP contribution in [0.1, 0.15) is 11.1 Å². The Morgan fingerprint density at radius 3 is 2.04 bits per heavy atom. The van der Waals surface area contributed by atoms with E-state index in [1.54, 1.807) is 0 Å². The van der Waals surface area contributed by atoms with Gasteiger partial charge in [-0.2, -0.15) is 0 Å². The molecule has 0 bridgehead atoms. The van der Waals surface area contributed by atoms with Crippen LogP contribution < -0.4 is 5.32 Å². The molecule has 0 aliphatic heterocycles. The molecule has 2 heteroatoms. The molecule has 0 unspecified atom stereocenters. The summed E-state index contributed by atoms with van der Waals surface area (Å²) in [5.41, 5.74) is 2.76. The minimum Gasteiger partial charge on any atom is -0.312 e. The molecular weight excluding hydrogens is 350 g/mol. The van der Waals surface area contributed by atoms with Crippen LogP contribution in [0.15, 0.2) is 84.9 Å². The fourth-order valence-electron chi connectivity index (χ4n) is 4.05. The van der Waals surface area contributed by atoms with Gasteiger partial charge in [-0.1, -0.05) is 84.9 Å². The summed E-state index contributed by atoms with van der Waals surface area (Å²) >= 11 is 0. The molecule has 1 N–H and O–H groups in total. The Hall–Kier alpha value is -2.61. The Morgan fingerprint density at radius 1 is 0.593 bits per heavy atom. The molecule has 0 aromatic heterocycles. The SMILES string of the molecule is Cl.c1ccc(CCNCc2ccc3ccc4cccc5ccc2c3c45)cc1. The van der Waals surface area contributed by atoms with E-state index < -0.39 is 0 Å². The average molecular weight is 372 g/mol. The molecule has 0 heterocycles. The molecule has 0 atom stereocenters. The summed E-state index contributed by atoms with van der Waals surface area (Å²) in [6.07, 6.45) is 1.06. The van der Waals surface area contributed by atoms with Gasteiger partial charge in [-0.15, -0.1) is 12.4 Å². The van der Waals surface area contributed by atoms with Crippen LogP contribution in [0, 0.1) is 0 Å². The van der Waals surface area contributed by atoms with Gasteiger partial charge < -0.3 is 5.32 Å². The largest absolute Gasteiger partial charge is 0.312 e. The maximum atomic E-state index is 3.62. The van der Waals surface area contributed by atoms with Crippen LogP contribution >= 0.6 is 12.4 Å². The van der Waals surface area contributed by atoms with Crippen molar-refractivity contribution in [1.29, 1.82) is 0 Å². The molecule has 27 heavy (non-hydrogen) atoms. The molecule has 5 aromatic carbocycles. The van der Waals surface area contributed by atoms with Crippen LogP contribution in [0.2, 0.25) is 0 Å². The Labute approximate surface area is 165 Å². The number of halogens is 1. The molecule has 0 amide bonds. The Bertz CT molecular complexity index is 1160. The predicted octanol–water partition coefficient (Wildman–Crippen LogP) is 6.34. The molecular formula is C25H22ClN. The average Bonchev–Trinajstić information content (AvgIpc) is 2.71. The highest BCUT2D eigenvalue weighted by Gasteiger charge is 2.10. The third-order valence-corrected chi connectivity index (χ3v) is 5.37. The van der Waals surface area contributed by atoms with Crippen molar-refractivity contribution in [2.75, 3.05) is 6.54 Å². The van der Waals surface area contributed by atoms with E-state index in [0.717, 1.165) is 19.5 Å². The molecule has 0 radical (unpaired) electrons. The quantitative estimate of drug-likeness (QED) is 0.281. The summed E-state index contributed by atoms with van der Waals surface area (Å²) < 4.78 is 0. The van der Waals surface area contributed by atoms with Gasteiger partial charge in [0, 0.05) is 6.54 Å². The molecule has 134 valence electrons. The predicted molar refractivity (Wildman–Crippen MR) is 119 cm³/mol. The van der Waals surface area contributed by atoms with E-state index in [1.807, 2.05) is 0 Å². The molecule has 0 saturated carbocycles. The zero-order chi connectivity index (χ0) is 17.3. The molecule has 0 aliphatic rings. The highest BCUT2D eigenvalue weighted by molar-refractivity contribution is 6.23. The smallest absolute Gasteiger partial charge is 0.0211 e. The number of benzene rings is 5. The first-order valence-corrected chi connectivity index (χ1v) is 9.30. The van der Waals surface area contributed by atoms with E-state index in [1.165, 1.54) is 43.4 Å². The number of nitrogens with one attached hydrogen (secondary N) is 1. The van der Waals surface area contributed by atoms with Gasteiger partial charge >= 0.3 is 0 Å². The van der Waals surface area contributed by atoms with E-state index in [0.29, 0.717) is 0 Å². The van der Waals surface area contributed by atoms with Gasteiger partial charge in [0.15, 0.2) is 0 Å². The highest BCUT2D eigenvalue weighted by Crippen LogP contribution is 2.35. The maximum Gasteiger partial charge on any atom is 0.0211 e. The van der Waals surface area contributed by atoms with Crippen molar-refractivity contribution in [2.45, 2.75) is 13.0 Å². The molecule has 0 aliphatic carbocycles. The van der Waals surface area contributed by atoms with Crippen LogP contribution in [0.5, 0.6) is 0 Å². The lowest BCUT2D eigenvalue weighted by Gasteiger charge is -2.14. The van der Waals surface area contributed by atoms with Crippen molar-refractivity contribution < 1.29 is 0 Å². The van der Waals surface area contributed by atoms with Gasteiger partial charge in [-0.3, -0.25) is 0 Å². The van der Waals surface area contributed by atoms with Gasteiger partial charge in [0.1, 0.15) is 0 Å². The minimum atomic E-state index is 0. The normalized spacial score (nSPS) is 11.3. The fraction of sp³-hybridized carbons (Fsp3) is 0.120. The van der Waals surface area contributed by atoms with E-state index in [4.69, 9.17) is 0 Å². The third-order valence-electron chi connectivity index (χ3n) is 5.37. The standard InChI is InChI=1S/C25H21N.ClH/c1-2-5-18(6-3-1)15-16-26-17-22-12-11-21-10-9-19-7-4-8-20-13-14-23(22)25(21)24(19)20;/h1-14,26H,15-17H2;1H. The lowest BCUT2D eigenvalue weighted by Crippen LogP contribution is -2.16. The summed E-state index contributed by atoms with van der Waals surface area (Å²) in [5, 5.41) is 11.8. The van der Waals surface area contributed by atoms with Crippen molar-refractivity contribution in [3.8, 4) is 0 Å². The summed E-state index contributed by atoms with van der Waals surface area (Å²) in [7, 11) is 0. The molecule has 1 nitrogen and oxygen atoms in total. The number of rotatable bonds is 5. The van der Waals surface area contributed by atoms with Crippen molar-refractivity contribution in [1.82, 2.24) is 5.32 Å². The molecule has 5 aromatic rings. The first-order valence-electron chi connectivity index (χ1n) is 9.30. The monoisotopic (exact) mass is 371 g/mol. The Balaban J connectivity index is 0.00000180. The highest BCUT2D eigenvalue weighted by atomic mass is 35.5. The molecule has 0 saturated heterocycles. The van der Waals surface area contributed by atoms with E-state index in [2.05, 4.69) is 90.2 Å². The number of hydrogen-bond donors (Lipinski definition) is 1. The summed E-state index contributed by atoms with van der Waals surface area (Å²) in [6.45, 7) is 1.90. The topological polar surface area (TPSA) is 12.0 Å². The summed E-state index contributed by atoms with van der Waals surface area (Å²) in [6, 6.07) is 30.8. The Morgan fingerprint density at radius 2 is 1.26 bits per heavy atom. The van der Waals surface area contributed by atoms with Crippen molar-refractivity contribution >= 4 is 44.7 Å². The van der Waals surface area contributed by atoms with E-state index in [-0.39, 0.29) is 12.4 Å². The molecule has 0 fully saturated rings. The van der Waals surface area contributed by atoms with Crippen LogP contribution in [-0.2, 0) is 13.0 Å². The molecule has 5 rings (SSSR count). The second-order valence-corrected chi connectivity index (χ2v) is 6.99. The first-order chi connectivity index (χ1) is 12.9.